The van der Waals surface area contributed by atoms with Gasteiger partial charge in [0.05, 0.1) is 0 Å². The van der Waals surface area contributed by atoms with E-state index in [-0.39, 0.29) is 12.5 Å². The van der Waals surface area contributed by atoms with Gasteiger partial charge in [0.25, 0.3) is 5.91 Å². The zero-order chi connectivity index (χ0) is 18.4. The highest BCUT2D eigenvalue weighted by atomic mass is 16.5. The minimum atomic E-state index is -0.913. The van der Waals surface area contributed by atoms with Gasteiger partial charge in [0.15, 0.2) is 0 Å². The van der Waals surface area contributed by atoms with Crippen LogP contribution in [0.25, 0.3) is 0 Å². The maximum Gasteiger partial charge on any atom is 0.324 e. The van der Waals surface area contributed by atoms with Gasteiger partial charge in [0, 0.05) is 31.7 Å². The summed E-state index contributed by atoms with van der Waals surface area (Å²) in [5, 5.41) is 9.55. The second-order valence-corrected chi connectivity index (χ2v) is 6.17. The number of ether oxygens (including phenoxy) is 1. The second-order valence-electron chi connectivity index (χ2n) is 6.17. The third kappa shape index (κ3) is 4.40. The van der Waals surface area contributed by atoms with E-state index in [1.54, 1.807) is 29.2 Å². The molecule has 3 rings (SSSR count). The van der Waals surface area contributed by atoms with Crippen LogP contribution in [-0.2, 0) is 4.79 Å². The molecule has 0 radical (unpaired) electrons. The number of rotatable bonds is 6. The minimum absolute atomic E-state index is 0.0161. The Hall–Kier alpha value is -2.86. The average Bonchev–Trinajstić information content (AvgIpc) is 2.69. The van der Waals surface area contributed by atoms with E-state index in [2.05, 4.69) is 0 Å². The molecule has 1 atom stereocenters. The molecule has 136 valence electrons. The van der Waals surface area contributed by atoms with Crippen molar-refractivity contribution in [3.8, 4) is 5.75 Å². The van der Waals surface area contributed by atoms with Crippen LogP contribution in [0.3, 0.4) is 0 Å². The molecule has 2 aromatic carbocycles. The topological polar surface area (TPSA) is 70.1 Å². The lowest BCUT2D eigenvalue weighted by Crippen LogP contribution is -2.55. The molecule has 1 unspecified atom stereocenters. The van der Waals surface area contributed by atoms with E-state index >= 15 is 0 Å². The second kappa shape index (κ2) is 8.49. The fourth-order valence-corrected chi connectivity index (χ4v) is 3.02. The number of hydrogen-bond donors (Lipinski definition) is 1. The molecule has 1 heterocycles. The van der Waals surface area contributed by atoms with Gasteiger partial charge in [-0.2, -0.15) is 0 Å². The van der Waals surface area contributed by atoms with Gasteiger partial charge < -0.3 is 14.7 Å². The monoisotopic (exact) mass is 354 g/mol. The van der Waals surface area contributed by atoms with Crippen LogP contribution in [0.1, 0.15) is 10.4 Å². The maximum atomic E-state index is 12.5. The van der Waals surface area contributed by atoms with Crippen LogP contribution in [0, 0.1) is 0 Å². The van der Waals surface area contributed by atoms with Crippen molar-refractivity contribution < 1.29 is 19.4 Å². The Bertz CT molecular complexity index is 728. The van der Waals surface area contributed by atoms with E-state index in [0.717, 1.165) is 0 Å². The summed E-state index contributed by atoms with van der Waals surface area (Å²) in [5.74, 6) is -0.280. The van der Waals surface area contributed by atoms with Gasteiger partial charge in [-0.1, -0.05) is 36.4 Å². The van der Waals surface area contributed by atoms with Gasteiger partial charge in [0.1, 0.15) is 18.4 Å². The van der Waals surface area contributed by atoms with Gasteiger partial charge in [-0.05, 0) is 24.3 Å². The molecular formula is C20H22N2O4. The third-order valence-electron chi connectivity index (χ3n) is 4.50. The Balaban J connectivity index is 1.56. The number of aliphatic carboxylic acids is 1. The standard InChI is InChI=1S/C20H22N2O4/c23-19(16-7-3-1-4-8-16)22-13-11-21(12-14-22)18(20(24)25)15-26-17-9-5-2-6-10-17/h1-10,18H,11-15H2,(H,24,25). The molecule has 1 aliphatic heterocycles. The van der Waals surface area contributed by atoms with Crippen molar-refractivity contribution in [3.05, 3.63) is 66.2 Å². The quantitative estimate of drug-likeness (QED) is 0.859. The summed E-state index contributed by atoms with van der Waals surface area (Å²) in [4.78, 5) is 27.8. The average molecular weight is 354 g/mol. The van der Waals surface area contributed by atoms with Crippen LogP contribution < -0.4 is 4.74 Å². The molecule has 0 saturated carbocycles. The molecule has 1 saturated heterocycles. The normalized spacial score (nSPS) is 16.1. The molecular weight excluding hydrogens is 332 g/mol. The molecule has 1 N–H and O–H groups in total. The van der Waals surface area contributed by atoms with Crippen LogP contribution in [0.4, 0.5) is 0 Å². The molecule has 0 spiro atoms. The highest BCUT2D eigenvalue weighted by molar-refractivity contribution is 5.94. The first-order valence-corrected chi connectivity index (χ1v) is 8.64. The van der Waals surface area contributed by atoms with Gasteiger partial charge in [-0.3, -0.25) is 14.5 Å². The summed E-state index contributed by atoms with van der Waals surface area (Å²) in [7, 11) is 0. The largest absolute Gasteiger partial charge is 0.491 e. The molecule has 1 aliphatic rings. The van der Waals surface area contributed by atoms with Crippen LogP contribution in [0.5, 0.6) is 5.75 Å². The number of carboxylic acid groups (broad SMARTS) is 1. The van der Waals surface area contributed by atoms with Crippen LogP contribution in [-0.4, -0.2) is 65.6 Å². The maximum absolute atomic E-state index is 12.5. The number of amides is 1. The summed E-state index contributed by atoms with van der Waals surface area (Å²) < 4.78 is 5.62. The summed E-state index contributed by atoms with van der Waals surface area (Å²) >= 11 is 0. The summed E-state index contributed by atoms with van der Waals surface area (Å²) in [6.07, 6.45) is 0. The SMILES string of the molecule is O=C(O)C(COc1ccccc1)N1CCN(C(=O)c2ccccc2)CC1. The number of carbonyl (C=O) groups is 2. The number of hydrogen-bond acceptors (Lipinski definition) is 4. The van der Waals surface area contributed by atoms with Crippen molar-refractivity contribution in [1.82, 2.24) is 9.80 Å². The molecule has 2 aromatic rings. The van der Waals surface area contributed by atoms with Crippen LogP contribution in [0.2, 0.25) is 0 Å². The van der Waals surface area contributed by atoms with Crippen LogP contribution in [0.15, 0.2) is 60.7 Å². The number of nitrogens with zero attached hydrogens (tertiary/aromatic N) is 2. The number of carboxylic acids is 1. The highest BCUT2D eigenvalue weighted by Crippen LogP contribution is 2.14. The van der Waals surface area contributed by atoms with Gasteiger partial charge >= 0.3 is 5.97 Å². The van der Waals surface area contributed by atoms with Gasteiger partial charge in [0.2, 0.25) is 0 Å². The van der Waals surface area contributed by atoms with E-state index in [1.807, 2.05) is 41.3 Å². The zero-order valence-corrected chi connectivity index (χ0v) is 14.5. The highest BCUT2D eigenvalue weighted by Gasteiger charge is 2.31. The van der Waals surface area contributed by atoms with Crippen LogP contribution >= 0.6 is 0 Å². The number of piperazine rings is 1. The number of para-hydroxylation sites is 1. The lowest BCUT2D eigenvalue weighted by Gasteiger charge is -2.37. The van der Waals surface area contributed by atoms with E-state index < -0.39 is 12.0 Å². The predicted octanol–water partition coefficient (Wildman–Crippen LogP) is 1.98. The molecule has 26 heavy (non-hydrogen) atoms. The fraction of sp³-hybridized carbons (Fsp3) is 0.300. The van der Waals surface area contributed by atoms with E-state index in [4.69, 9.17) is 4.74 Å². The van der Waals surface area contributed by atoms with E-state index in [0.29, 0.717) is 37.5 Å². The summed E-state index contributed by atoms with van der Waals surface area (Å²) in [5.41, 5.74) is 0.656. The Morgan fingerprint density at radius 2 is 1.50 bits per heavy atom. The van der Waals surface area contributed by atoms with Crippen molar-refractivity contribution in [3.63, 3.8) is 0 Å². The van der Waals surface area contributed by atoms with E-state index in [9.17, 15) is 14.7 Å². The van der Waals surface area contributed by atoms with Crippen molar-refractivity contribution in [2.75, 3.05) is 32.8 Å². The Morgan fingerprint density at radius 1 is 0.923 bits per heavy atom. The molecule has 0 aromatic heterocycles. The first-order valence-electron chi connectivity index (χ1n) is 8.64. The first kappa shape index (κ1) is 17.9. The first-order chi connectivity index (χ1) is 12.6. The molecule has 1 fully saturated rings. The molecule has 0 bridgehead atoms. The summed E-state index contributed by atoms with van der Waals surface area (Å²) in [6, 6.07) is 17.6. The Morgan fingerprint density at radius 3 is 2.08 bits per heavy atom. The zero-order valence-electron chi connectivity index (χ0n) is 14.5. The number of carbonyl (C=O) groups excluding carboxylic acids is 1. The predicted molar refractivity (Wildman–Crippen MR) is 97.3 cm³/mol. The van der Waals surface area contributed by atoms with Crippen molar-refractivity contribution in [2.24, 2.45) is 0 Å². The van der Waals surface area contributed by atoms with Gasteiger partial charge in [-0.15, -0.1) is 0 Å². The lowest BCUT2D eigenvalue weighted by atomic mass is 10.1. The smallest absolute Gasteiger partial charge is 0.324 e. The lowest BCUT2D eigenvalue weighted by molar-refractivity contribution is -0.145. The molecule has 6 nitrogen and oxygen atoms in total. The minimum Gasteiger partial charge on any atom is -0.491 e. The third-order valence-corrected chi connectivity index (χ3v) is 4.50. The molecule has 0 aliphatic carbocycles. The number of benzene rings is 2. The van der Waals surface area contributed by atoms with Crippen molar-refractivity contribution >= 4 is 11.9 Å². The molecule has 6 heteroatoms. The molecule has 1 amide bonds. The van der Waals surface area contributed by atoms with E-state index in [1.165, 1.54) is 0 Å². The van der Waals surface area contributed by atoms with Crippen molar-refractivity contribution in [1.29, 1.82) is 0 Å². The fourth-order valence-electron chi connectivity index (χ4n) is 3.02. The van der Waals surface area contributed by atoms with Crippen molar-refractivity contribution in [2.45, 2.75) is 6.04 Å². The van der Waals surface area contributed by atoms with Gasteiger partial charge in [-0.25, -0.2) is 0 Å². The summed E-state index contributed by atoms with van der Waals surface area (Å²) in [6.45, 7) is 2.10. The Kier molecular flexibility index (Phi) is 5.86. The Labute approximate surface area is 152 Å².